The average Bonchev–Trinajstić information content (AvgIpc) is 2.31. The molecule has 1 rings (SSSR count). The van der Waals surface area contributed by atoms with Gasteiger partial charge < -0.3 is 19.3 Å². The molecule has 0 aromatic heterocycles. The van der Waals surface area contributed by atoms with Crippen molar-refractivity contribution in [2.45, 2.75) is 51.4 Å². The molecule has 1 saturated carbocycles. The highest BCUT2D eigenvalue weighted by Crippen LogP contribution is 2.36. The first kappa shape index (κ1) is 16.9. The van der Waals surface area contributed by atoms with E-state index < -0.39 is 0 Å². The molecule has 114 valence electrons. The highest BCUT2D eigenvalue weighted by atomic mass is 16.7. The molecule has 19 heavy (non-hydrogen) atoms. The molecule has 0 aliphatic heterocycles. The molecule has 0 N–H and O–H groups in total. The van der Waals surface area contributed by atoms with Crippen LogP contribution in [0.25, 0.3) is 0 Å². The zero-order valence-corrected chi connectivity index (χ0v) is 13.4. The summed E-state index contributed by atoms with van der Waals surface area (Å²) in [4.78, 5) is 4.82. The maximum Gasteiger partial charge on any atom is 0.158 e. The van der Waals surface area contributed by atoms with Crippen LogP contribution < -0.4 is 0 Å². The van der Waals surface area contributed by atoms with Crippen molar-refractivity contribution in [2.24, 2.45) is 0 Å². The Labute approximate surface area is 119 Å². The van der Waals surface area contributed by atoms with E-state index in [0.29, 0.717) is 5.54 Å². The Morgan fingerprint density at radius 1 is 1.05 bits per heavy atom. The number of nitrogens with zero attached hydrogens (tertiary/aromatic N) is 2. The van der Waals surface area contributed by atoms with Crippen molar-refractivity contribution in [1.29, 1.82) is 0 Å². The third-order valence-electron chi connectivity index (χ3n) is 4.25. The number of hydrogen-bond donors (Lipinski definition) is 0. The second kappa shape index (κ2) is 8.20. The van der Waals surface area contributed by atoms with Crippen molar-refractivity contribution in [3.63, 3.8) is 0 Å². The second-order valence-electron chi connectivity index (χ2n) is 5.84. The van der Waals surface area contributed by atoms with Crippen LogP contribution in [-0.2, 0) is 9.47 Å². The molecule has 0 atom stereocenters. The molecule has 0 spiro atoms. The lowest BCUT2D eigenvalue weighted by Crippen LogP contribution is -2.56. The molecule has 0 aromatic carbocycles. The summed E-state index contributed by atoms with van der Waals surface area (Å²) < 4.78 is 11.2. The summed E-state index contributed by atoms with van der Waals surface area (Å²) in [5.41, 5.74) is 0.404. The third kappa shape index (κ3) is 5.03. The molecular weight excluding hydrogens is 240 g/mol. The van der Waals surface area contributed by atoms with Gasteiger partial charge in [0, 0.05) is 38.3 Å². The van der Waals surface area contributed by atoms with Crippen LogP contribution in [0.4, 0.5) is 0 Å². The number of likely N-dealkylation sites (N-methyl/N-ethyl adjacent to an activating group) is 2. The maximum atomic E-state index is 5.59. The minimum Gasteiger partial charge on any atom is -0.353 e. The van der Waals surface area contributed by atoms with Crippen LogP contribution in [0.2, 0.25) is 0 Å². The normalized spacial score (nSPS) is 18.3. The summed E-state index contributed by atoms with van der Waals surface area (Å²) in [6, 6.07) is 0. The number of ether oxygens (including phenoxy) is 2. The van der Waals surface area contributed by atoms with Gasteiger partial charge in [-0.25, -0.2) is 0 Å². The van der Waals surface area contributed by atoms with E-state index in [0.717, 1.165) is 32.7 Å². The van der Waals surface area contributed by atoms with Gasteiger partial charge in [0.05, 0.1) is 0 Å². The van der Waals surface area contributed by atoms with E-state index in [4.69, 9.17) is 9.47 Å². The first-order valence-electron chi connectivity index (χ1n) is 7.63. The Morgan fingerprint density at radius 2 is 1.63 bits per heavy atom. The third-order valence-corrected chi connectivity index (χ3v) is 4.25. The number of rotatable bonds is 10. The van der Waals surface area contributed by atoms with E-state index in [9.17, 15) is 0 Å². The summed E-state index contributed by atoms with van der Waals surface area (Å²) in [6.45, 7) is 7.65. The summed E-state index contributed by atoms with van der Waals surface area (Å²) in [7, 11) is 6.62. The topological polar surface area (TPSA) is 24.9 Å². The smallest absolute Gasteiger partial charge is 0.158 e. The van der Waals surface area contributed by atoms with E-state index in [-0.39, 0.29) is 6.29 Å². The molecule has 0 amide bonds. The van der Waals surface area contributed by atoms with Crippen LogP contribution >= 0.6 is 0 Å². The minimum absolute atomic E-state index is 0.0471. The highest BCUT2D eigenvalue weighted by Gasteiger charge is 2.39. The predicted molar refractivity (Wildman–Crippen MR) is 79.4 cm³/mol. The van der Waals surface area contributed by atoms with Crippen LogP contribution in [-0.4, -0.2) is 69.1 Å². The molecule has 4 heteroatoms. The Balaban J connectivity index is 2.31. The van der Waals surface area contributed by atoms with E-state index in [2.05, 4.69) is 30.9 Å². The van der Waals surface area contributed by atoms with Gasteiger partial charge in [-0.1, -0.05) is 0 Å². The predicted octanol–water partition coefficient (Wildman–Crippen LogP) is 2.19. The average molecular weight is 272 g/mol. The van der Waals surface area contributed by atoms with Gasteiger partial charge in [-0.3, -0.25) is 0 Å². The fourth-order valence-electron chi connectivity index (χ4n) is 2.83. The zero-order chi connectivity index (χ0) is 14.3. The Morgan fingerprint density at radius 3 is 2.00 bits per heavy atom. The van der Waals surface area contributed by atoms with Crippen LogP contribution in [0.3, 0.4) is 0 Å². The first-order valence-corrected chi connectivity index (χ1v) is 7.63. The first-order chi connectivity index (χ1) is 9.04. The van der Waals surface area contributed by atoms with Gasteiger partial charge >= 0.3 is 0 Å². The largest absolute Gasteiger partial charge is 0.353 e. The molecule has 0 bridgehead atoms. The minimum atomic E-state index is -0.0471. The fourth-order valence-corrected chi connectivity index (χ4v) is 2.83. The van der Waals surface area contributed by atoms with Crippen molar-refractivity contribution in [3.05, 3.63) is 0 Å². The summed E-state index contributed by atoms with van der Waals surface area (Å²) in [6.07, 6.45) is 4.91. The molecule has 0 radical (unpaired) electrons. The van der Waals surface area contributed by atoms with Gasteiger partial charge in [0.1, 0.15) is 0 Å². The summed E-state index contributed by atoms with van der Waals surface area (Å²) in [5, 5.41) is 0. The molecule has 0 aromatic rings. The lowest BCUT2D eigenvalue weighted by molar-refractivity contribution is -0.142. The van der Waals surface area contributed by atoms with Crippen molar-refractivity contribution in [2.75, 3.05) is 47.4 Å². The van der Waals surface area contributed by atoms with Gasteiger partial charge in [0.15, 0.2) is 6.29 Å². The maximum absolute atomic E-state index is 5.59. The zero-order valence-electron chi connectivity index (χ0n) is 13.4. The lowest BCUT2D eigenvalue weighted by Gasteiger charge is -2.49. The van der Waals surface area contributed by atoms with Gasteiger partial charge in [0.2, 0.25) is 0 Å². The summed E-state index contributed by atoms with van der Waals surface area (Å²) in [5.74, 6) is 0. The van der Waals surface area contributed by atoms with Gasteiger partial charge in [-0.15, -0.1) is 0 Å². The van der Waals surface area contributed by atoms with E-state index in [1.807, 2.05) is 13.8 Å². The molecule has 1 aliphatic rings. The van der Waals surface area contributed by atoms with E-state index in [1.54, 1.807) is 0 Å². The second-order valence-corrected chi connectivity index (χ2v) is 5.84. The molecule has 4 nitrogen and oxygen atoms in total. The van der Waals surface area contributed by atoms with Crippen LogP contribution in [0, 0.1) is 0 Å². The molecule has 1 aliphatic carbocycles. The van der Waals surface area contributed by atoms with Crippen LogP contribution in [0.1, 0.15) is 39.5 Å². The van der Waals surface area contributed by atoms with Crippen LogP contribution in [0.15, 0.2) is 0 Å². The van der Waals surface area contributed by atoms with E-state index >= 15 is 0 Å². The molecule has 0 heterocycles. The van der Waals surface area contributed by atoms with Gasteiger partial charge in [-0.05, 0) is 54.3 Å². The molecular formula is C15H32N2O2. The van der Waals surface area contributed by atoms with E-state index in [1.165, 1.54) is 19.3 Å². The van der Waals surface area contributed by atoms with Crippen LogP contribution in [0.5, 0.6) is 0 Å². The Hall–Kier alpha value is -0.160. The summed E-state index contributed by atoms with van der Waals surface area (Å²) >= 11 is 0. The number of hydrogen-bond acceptors (Lipinski definition) is 4. The quantitative estimate of drug-likeness (QED) is 0.569. The monoisotopic (exact) mass is 272 g/mol. The van der Waals surface area contributed by atoms with Crippen molar-refractivity contribution in [3.8, 4) is 0 Å². The highest BCUT2D eigenvalue weighted by molar-refractivity contribution is 4.97. The van der Waals surface area contributed by atoms with Gasteiger partial charge in [0.25, 0.3) is 0 Å². The molecule has 0 saturated heterocycles. The standard InChI is InChI=1S/C15H32N2O2/c1-6-18-14(19-7-2)9-12-17(5)13-15(16(3)4)10-8-11-15/h14H,6-13H2,1-5H3. The molecule has 1 fully saturated rings. The Kier molecular flexibility index (Phi) is 7.29. The lowest BCUT2D eigenvalue weighted by atomic mass is 9.75. The van der Waals surface area contributed by atoms with Gasteiger partial charge in [-0.2, -0.15) is 0 Å². The SMILES string of the molecule is CCOC(CCN(C)CC1(N(C)C)CCC1)OCC. The Bertz CT molecular complexity index is 236. The van der Waals surface area contributed by atoms with Crippen molar-refractivity contribution >= 4 is 0 Å². The van der Waals surface area contributed by atoms with Crippen molar-refractivity contribution < 1.29 is 9.47 Å². The molecule has 0 unspecified atom stereocenters. The van der Waals surface area contributed by atoms with Crippen molar-refractivity contribution in [1.82, 2.24) is 9.80 Å². The fraction of sp³-hybridized carbons (Fsp3) is 1.00.